The van der Waals surface area contributed by atoms with Crippen LogP contribution in [0.4, 0.5) is 5.69 Å². The van der Waals surface area contributed by atoms with Gasteiger partial charge in [0, 0.05) is 11.2 Å². The van der Waals surface area contributed by atoms with Gasteiger partial charge >= 0.3 is 0 Å². The summed E-state index contributed by atoms with van der Waals surface area (Å²) in [4.78, 5) is 11.8. The lowest BCUT2D eigenvalue weighted by atomic mass is 10.0. The van der Waals surface area contributed by atoms with Gasteiger partial charge in [0.25, 0.3) is 0 Å². The second-order valence-corrected chi connectivity index (χ2v) is 5.48. The topological polar surface area (TPSA) is 64.3 Å². The van der Waals surface area contributed by atoms with E-state index in [1.54, 1.807) is 12.1 Å². The zero-order valence-corrected chi connectivity index (χ0v) is 11.4. The molecule has 0 bridgehead atoms. The first-order valence-electron chi connectivity index (χ1n) is 6.87. The fourth-order valence-electron chi connectivity index (χ4n) is 2.51. The summed E-state index contributed by atoms with van der Waals surface area (Å²) in [6, 6.07) is 7.20. The molecule has 0 aromatic heterocycles. The molecule has 0 heterocycles. The summed E-state index contributed by atoms with van der Waals surface area (Å²) < 4.78 is 5.51. The Bertz CT molecular complexity index is 422. The highest BCUT2D eigenvalue weighted by atomic mass is 16.5. The number of amides is 1. The Morgan fingerprint density at radius 1 is 1.32 bits per heavy atom. The summed E-state index contributed by atoms with van der Waals surface area (Å²) in [5, 5.41) is 3.11. The molecule has 0 saturated heterocycles. The highest BCUT2D eigenvalue weighted by molar-refractivity contribution is 5.76. The molecule has 4 nitrogen and oxygen atoms in total. The number of rotatable bonds is 5. The van der Waals surface area contributed by atoms with E-state index in [0.717, 1.165) is 18.6 Å². The van der Waals surface area contributed by atoms with Crippen molar-refractivity contribution in [1.82, 2.24) is 5.32 Å². The molecule has 1 aromatic rings. The van der Waals surface area contributed by atoms with Crippen LogP contribution in [-0.4, -0.2) is 18.1 Å². The molecule has 0 spiro atoms. The first-order chi connectivity index (χ1) is 9.07. The van der Waals surface area contributed by atoms with Crippen LogP contribution in [0.15, 0.2) is 24.3 Å². The Morgan fingerprint density at radius 3 is 2.58 bits per heavy atom. The van der Waals surface area contributed by atoms with E-state index in [4.69, 9.17) is 10.5 Å². The zero-order valence-electron chi connectivity index (χ0n) is 11.4. The minimum absolute atomic E-state index is 0.00171. The van der Waals surface area contributed by atoms with Crippen molar-refractivity contribution in [2.24, 2.45) is 0 Å². The van der Waals surface area contributed by atoms with Crippen molar-refractivity contribution in [1.29, 1.82) is 0 Å². The monoisotopic (exact) mass is 262 g/mol. The molecule has 0 aliphatic heterocycles. The van der Waals surface area contributed by atoms with Gasteiger partial charge in [0.1, 0.15) is 5.75 Å². The molecule has 104 valence electrons. The van der Waals surface area contributed by atoms with E-state index < -0.39 is 0 Å². The van der Waals surface area contributed by atoms with Gasteiger partial charge in [-0.25, -0.2) is 0 Å². The number of nitrogens with two attached hydrogens (primary N) is 1. The van der Waals surface area contributed by atoms with E-state index in [0.29, 0.717) is 18.7 Å². The number of nitrogens with one attached hydrogen (secondary N) is 1. The van der Waals surface area contributed by atoms with Gasteiger partial charge in [-0.1, -0.05) is 12.8 Å². The quantitative estimate of drug-likeness (QED) is 0.801. The second-order valence-electron chi connectivity index (χ2n) is 5.48. The molecule has 0 atom stereocenters. The summed E-state index contributed by atoms with van der Waals surface area (Å²) in [6.07, 6.45) is 4.96. The van der Waals surface area contributed by atoms with Crippen LogP contribution in [0.5, 0.6) is 5.75 Å². The predicted molar refractivity (Wildman–Crippen MR) is 76.0 cm³/mol. The number of carbonyl (C=O) groups excluding carboxylic acids is 1. The third kappa shape index (κ3) is 4.16. The van der Waals surface area contributed by atoms with Crippen molar-refractivity contribution in [3.8, 4) is 5.75 Å². The van der Waals surface area contributed by atoms with Gasteiger partial charge in [0.2, 0.25) is 5.91 Å². The van der Waals surface area contributed by atoms with Crippen molar-refractivity contribution in [3.05, 3.63) is 24.3 Å². The third-order valence-corrected chi connectivity index (χ3v) is 3.63. The van der Waals surface area contributed by atoms with Gasteiger partial charge in [0.15, 0.2) is 0 Å². The molecule has 0 radical (unpaired) electrons. The van der Waals surface area contributed by atoms with Crippen LogP contribution in [-0.2, 0) is 4.79 Å². The van der Waals surface area contributed by atoms with E-state index in [-0.39, 0.29) is 11.4 Å². The molecule has 0 unspecified atom stereocenters. The summed E-state index contributed by atoms with van der Waals surface area (Å²) in [5.41, 5.74) is 6.30. The molecule has 1 aliphatic carbocycles. The molecule has 3 N–H and O–H groups in total. The van der Waals surface area contributed by atoms with Crippen LogP contribution in [0.3, 0.4) is 0 Å². The van der Waals surface area contributed by atoms with Gasteiger partial charge in [-0.05, 0) is 44.0 Å². The normalized spacial score (nSPS) is 17.1. The van der Waals surface area contributed by atoms with Crippen LogP contribution in [0.25, 0.3) is 0 Å². The van der Waals surface area contributed by atoms with Crippen LogP contribution >= 0.6 is 0 Å². The molecule has 1 aromatic carbocycles. The number of hydrogen-bond donors (Lipinski definition) is 2. The maximum Gasteiger partial charge on any atom is 0.223 e. The highest BCUT2D eigenvalue weighted by Crippen LogP contribution is 2.28. The van der Waals surface area contributed by atoms with E-state index >= 15 is 0 Å². The number of ether oxygens (including phenoxy) is 1. The Morgan fingerprint density at radius 2 is 1.95 bits per heavy atom. The fraction of sp³-hybridized carbons (Fsp3) is 0.533. The molecule has 2 rings (SSSR count). The number of anilines is 1. The van der Waals surface area contributed by atoms with E-state index in [1.807, 2.05) is 12.1 Å². The number of nitrogen functional groups attached to an aromatic ring is 1. The summed E-state index contributed by atoms with van der Waals surface area (Å²) in [7, 11) is 0. The molecular weight excluding hydrogens is 240 g/mol. The van der Waals surface area contributed by atoms with Crippen molar-refractivity contribution >= 4 is 11.6 Å². The smallest absolute Gasteiger partial charge is 0.223 e. The molecule has 1 fully saturated rings. The zero-order chi connectivity index (χ0) is 13.7. The SMILES string of the molecule is CC1(NC(=O)CCOc2ccc(N)cc2)CCCC1. The summed E-state index contributed by atoms with van der Waals surface area (Å²) in [5.74, 6) is 0.814. The van der Waals surface area contributed by atoms with Crippen molar-refractivity contribution in [2.45, 2.75) is 44.6 Å². The van der Waals surface area contributed by atoms with Crippen LogP contribution in [0.1, 0.15) is 39.0 Å². The van der Waals surface area contributed by atoms with E-state index in [1.165, 1.54) is 12.8 Å². The molecule has 1 amide bonds. The Labute approximate surface area is 114 Å². The van der Waals surface area contributed by atoms with Crippen LogP contribution in [0, 0.1) is 0 Å². The lowest BCUT2D eigenvalue weighted by Crippen LogP contribution is -2.43. The predicted octanol–water partition coefficient (Wildman–Crippen LogP) is 2.49. The Kier molecular flexibility index (Phi) is 4.30. The minimum Gasteiger partial charge on any atom is -0.493 e. The average molecular weight is 262 g/mol. The van der Waals surface area contributed by atoms with Crippen LogP contribution < -0.4 is 15.8 Å². The maximum absolute atomic E-state index is 11.8. The highest BCUT2D eigenvalue weighted by Gasteiger charge is 2.29. The molecular formula is C15H22N2O2. The first-order valence-corrected chi connectivity index (χ1v) is 6.87. The average Bonchev–Trinajstić information content (AvgIpc) is 2.78. The van der Waals surface area contributed by atoms with E-state index in [9.17, 15) is 4.79 Å². The van der Waals surface area contributed by atoms with Crippen molar-refractivity contribution in [3.63, 3.8) is 0 Å². The Hall–Kier alpha value is -1.71. The molecule has 1 saturated carbocycles. The maximum atomic E-state index is 11.8. The van der Waals surface area contributed by atoms with Gasteiger partial charge in [-0.2, -0.15) is 0 Å². The van der Waals surface area contributed by atoms with Crippen molar-refractivity contribution < 1.29 is 9.53 Å². The largest absolute Gasteiger partial charge is 0.493 e. The lowest BCUT2D eigenvalue weighted by molar-refractivity contribution is -0.123. The lowest BCUT2D eigenvalue weighted by Gasteiger charge is -2.25. The Balaban J connectivity index is 1.70. The van der Waals surface area contributed by atoms with E-state index in [2.05, 4.69) is 12.2 Å². The van der Waals surface area contributed by atoms with Crippen molar-refractivity contribution in [2.75, 3.05) is 12.3 Å². The molecule has 19 heavy (non-hydrogen) atoms. The summed E-state index contributed by atoms with van der Waals surface area (Å²) in [6.45, 7) is 2.52. The van der Waals surface area contributed by atoms with Gasteiger partial charge in [-0.15, -0.1) is 0 Å². The minimum atomic E-state index is -0.00171. The molecule has 4 heteroatoms. The third-order valence-electron chi connectivity index (χ3n) is 3.63. The first kappa shape index (κ1) is 13.7. The second kappa shape index (κ2) is 5.95. The fourth-order valence-corrected chi connectivity index (χ4v) is 2.51. The molecule has 1 aliphatic rings. The van der Waals surface area contributed by atoms with Gasteiger partial charge < -0.3 is 15.8 Å². The van der Waals surface area contributed by atoms with Crippen LogP contribution in [0.2, 0.25) is 0 Å². The standard InChI is InChI=1S/C15H22N2O2/c1-15(9-2-3-10-15)17-14(18)8-11-19-13-6-4-12(16)5-7-13/h4-7H,2-3,8-11,16H2,1H3,(H,17,18). The van der Waals surface area contributed by atoms with Gasteiger partial charge in [0.05, 0.1) is 13.0 Å². The number of benzene rings is 1. The summed E-state index contributed by atoms with van der Waals surface area (Å²) >= 11 is 0. The number of hydrogen-bond acceptors (Lipinski definition) is 3. The number of carbonyl (C=O) groups is 1. The van der Waals surface area contributed by atoms with Gasteiger partial charge in [-0.3, -0.25) is 4.79 Å².